The molecule has 0 bridgehead atoms. The number of aryl methyl sites for hydroxylation is 1. The molecule has 0 aliphatic carbocycles. The van der Waals surface area contributed by atoms with Gasteiger partial charge in [-0.05, 0) is 64.9 Å². The van der Waals surface area contributed by atoms with Gasteiger partial charge in [0.2, 0.25) is 5.95 Å². The molecule has 9 heteroatoms. The predicted octanol–water partition coefficient (Wildman–Crippen LogP) is 4.06. The minimum atomic E-state index is -0.375. The number of anilines is 3. The second-order valence-electron chi connectivity index (χ2n) is 8.92. The number of benzene rings is 1. The number of ether oxygens (including phenoxy) is 1. The molecule has 2 N–H and O–H groups in total. The zero-order chi connectivity index (χ0) is 22.9. The van der Waals surface area contributed by atoms with Crippen LogP contribution in [0.1, 0.15) is 38.4 Å². The lowest BCUT2D eigenvalue weighted by molar-refractivity contribution is 0.287. The Morgan fingerprint density at radius 2 is 2.06 bits per heavy atom. The highest BCUT2D eigenvalue weighted by atomic mass is 19.1. The third kappa shape index (κ3) is 4.37. The Bertz CT molecular complexity index is 1140. The molecule has 5 rings (SSSR count). The van der Waals surface area contributed by atoms with Gasteiger partial charge in [-0.1, -0.05) is 0 Å². The van der Waals surface area contributed by atoms with Crippen molar-refractivity contribution in [2.24, 2.45) is 0 Å². The number of piperidine rings is 1. The number of nitrogens with one attached hydrogen (secondary N) is 2. The standard InChI is InChI=1S/C24H30FN7O/c1-15(2)31-10-11-33-23-19(25)12-17(13-22(23)31)20-6-9-27-24(28-20)29-21-14-32(30-16(21)3)18-4-7-26-8-5-18/h6,9,12-15,18,26H,4-5,7-8,10-11H2,1-3H3,(H,27,28,29). The second-order valence-corrected chi connectivity index (χ2v) is 8.92. The molecule has 1 aromatic carbocycles. The molecule has 0 saturated carbocycles. The van der Waals surface area contributed by atoms with E-state index in [0.717, 1.165) is 49.5 Å². The van der Waals surface area contributed by atoms with Gasteiger partial charge in [-0.25, -0.2) is 14.4 Å². The van der Waals surface area contributed by atoms with E-state index in [0.29, 0.717) is 35.6 Å². The predicted molar refractivity (Wildman–Crippen MR) is 127 cm³/mol. The summed E-state index contributed by atoms with van der Waals surface area (Å²) in [7, 11) is 0. The van der Waals surface area contributed by atoms with Crippen molar-refractivity contribution in [2.75, 3.05) is 36.5 Å². The number of rotatable bonds is 5. The summed E-state index contributed by atoms with van der Waals surface area (Å²) in [6, 6.07) is 5.86. The molecule has 174 valence electrons. The molecule has 0 amide bonds. The Kier molecular flexibility index (Phi) is 5.88. The van der Waals surface area contributed by atoms with E-state index in [1.165, 1.54) is 6.07 Å². The molecule has 0 radical (unpaired) electrons. The molecule has 33 heavy (non-hydrogen) atoms. The number of fused-ring (bicyclic) bond motifs is 1. The van der Waals surface area contributed by atoms with Crippen LogP contribution in [0.3, 0.4) is 0 Å². The lowest BCUT2D eigenvalue weighted by Gasteiger charge is -2.34. The summed E-state index contributed by atoms with van der Waals surface area (Å²) in [5.74, 6) is 0.391. The van der Waals surface area contributed by atoms with Crippen LogP contribution in [0.15, 0.2) is 30.6 Å². The van der Waals surface area contributed by atoms with Crippen molar-refractivity contribution >= 4 is 17.3 Å². The van der Waals surface area contributed by atoms with Gasteiger partial charge < -0.3 is 20.3 Å². The maximum Gasteiger partial charge on any atom is 0.227 e. The Morgan fingerprint density at radius 1 is 1.24 bits per heavy atom. The van der Waals surface area contributed by atoms with Gasteiger partial charge in [-0.15, -0.1) is 0 Å². The molecule has 3 aromatic rings. The first-order chi connectivity index (χ1) is 16.0. The summed E-state index contributed by atoms with van der Waals surface area (Å²) in [5.41, 5.74) is 3.87. The molecular formula is C24H30FN7O. The van der Waals surface area contributed by atoms with E-state index >= 15 is 0 Å². The average molecular weight is 452 g/mol. The van der Waals surface area contributed by atoms with Gasteiger partial charge in [0.15, 0.2) is 11.6 Å². The molecule has 0 spiro atoms. The molecular weight excluding hydrogens is 421 g/mol. The van der Waals surface area contributed by atoms with E-state index in [2.05, 4.69) is 39.3 Å². The largest absolute Gasteiger partial charge is 0.486 e. The maximum atomic E-state index is 14.9. The number of hydrogen-bond donors (Lipinski definition) is 2. The maximum absolute atomic E-state index is 14.9. The van der Waals surface area contributed by atoms with Gasteiger partial charge in [-0.3, -0.25) is 4.68 Å². The first kappa shape index (κ1) is 21.6. The fraction of sp³-hybridized carbons (Fsp3) is 0.458. The summed E-state index contributed by atoms with van der Waals surface area (Å²) < 4.78 is 22.6. The number of nitrogens with zero attached hydrogens (tertiary/aromatic N) is 5. The summed E-state index contributed by atoms with van der Waals surface area (Å²) in [6.07, 6.45) is 5.84. The molecule has 4 heterocycles. The smallest absolute Gasteiger partial charge is 0.227 e. The molecule has 0 unspecified atom stereocenters. The topological polar surface area (TPSA) is 80.1 Å². The number of aromatic nitrogens is 4. The number of halogens is 1. The second kappa shape index (κ2) is 8.97. The van der Waals surface area contributed by atoms with Crippen molar-refractivity contribution in [1.29, 1.82) is 0 Å². The van der Waals surface area contributed by atoms with E-state index in [4.69, 9.17) is 9.84 Å². The Balaban J connectivity index is 1.42. The van der Waals surface area contributed by atoms with Crippen molar-refractivity contribution < 1.29 is 9.13 Å². The summed E-state index contributed by atoms with van der Waals surface area (Å²) >= 11 is 0. The summed E-state index contributed by atoms with van der Waals surface area (Å²) in [6.45, 7) is 9.39. The van der Waals surface area contributed by atoms with E-state index in [9.17, 15) is 4.39 Å². The van der Waals surface area contributed by atoms with Gasteiger partial charge in [0.25, 0.3) is 0 Å². The highest BCUT2D eigenvalue weighted by Gasteiger charge is 2.25. The van der Waals surface area contributed by atoms with Crippen molar-refractivity contribution in [2.45, 2.75) is 45.7 Å². The monoisotopic (exact) mass is 451 g/mol. The van der Waals surface area contributed by atoms with Crippen LogP contribution >= 0.6 is 0 Å². The van der Waals surface area contributed by atoms with Crippen LogP contribution in [0.4, 0.5) is 21.7 Å². The zero-order valence-corrected chi connectivity index (χ0v) is 19.3. The van der Waals surface area contributed by atoms with Crippen molar-refractivity contribution in [3.63, 3.8) is 0 Å². The summed E-state index contributed by atoms with van der Waals surface area (Å²) in [4.78, 5) is 11.2. The SMILES string of the molecule is Cc1nn(C2CCNCC2)cc1Nc1nccc(-c2cc(F)c3c(c2)N(C(C)C)CCO3)n1. The third-order valence-electron chi connectivity index (χ3n) is 6.33. The Hall–Kier alpha value is -3.20. The van der Waals surface area contributed by atoms with E-state index in [1.54, 1.807) is 12.3 Å². The summed E-state index contributed by atoms with van der Waals surface area (Å²) in [5, 5.41) is 11.4. The van der Waals surface area contributed by atoms with Crippen LogP contribution in [-0.4, -0.2) is 52.0 Å². The minimum absolute atomic E-state index is 0.240. The van der Waals surface area contributed by atoms with E-state index < -0.39 is 0 Å². The van der Waals surface area contributed by atoms with Crippen molar-refractivity contribution in [3.05, 3.63) is 42.1 Å². The molecule has 1 saturated heterocycles. The average Bonchev–Trinajstić information content (AvgIpc) is 3.19. The van der Waals surface area contributed by atoms with Crippen molar-refractivity contribution in [1.82, 2.24) is 25.1 Å². The van der Waals surface area contributed by atoms with Gasteiger partial charge in [0, 0.05) is 24.0 Å². The van der Waals surface area contributed by atoms with Crippen LogP contribution < -0.4 is 20.3 Å². The minimum Gasteiger partial charge on any atom is -0.486 e. The molecule has 0 atom stereocenters. The Morgan fingerprint density at radius 3 is 2.85 bits per heavy atom. The molecule has 2 aliphatic heterocycles. The van der Waals surface area contributed by atoms with E-state index in [-0.39, 0.29) is 11.9 Å². The van der Waals surface area contributed by atoms with Gasteiger partial charge >= 0.3 is 0 Å². The number of hydrogen-bond acceptors (Lipinski definition) is 7. The first-order valence-electron chi connectivity index (χ1n) is 11.6. The van der Waals surface area contributed by atoms with Crippen LogP contribution in [0.5, 0.6) is 5.75 Å². The first-order valence-corrected chi connectivity index (χ1v) is 11.6. The molecule has 2 aliphatic rings. The highest BCUT2D eigenvalue weighted by molar-refractivity contribution is 5.72. The highest BCUT2D eigenvalue weighted by Crippen LogP contribution is 2.39. The molecule has 2 aromatic heterocycles. The quantitative estimate of drug-likeness (QED) is 0.605. The molecule has 1 fully saturated rings. The van der Waals surface area contributed by atoms with Crippen LogP contribution in [0.25, 0.3) is 11.3 Å². The van der Waals surface area contributed by atoms with Crippen LogP contribution in [-0.2, 0) is 0 Å². The Labute approximate surface area is 193 Å². The fourth-order valence-corrected chi connectivity index (χ4v) is 4.55. The lowest BCUT2D eigenvalue weighted by atomic mass is 10.1. The third-order valence-corrected chi connectivity index (χ3v) is 6.33. The zero-order valence-electron chi connectivity index (χ0n) is 19.3. The van der Waals surface area contributed by atoms with Gasteiger partial charge in [0.05, 0.1) is 35.3 Å². The van der Waals surface area contributed by atoms with Gasteiger partial charge in [-0.2, -0.15) is 5.10 Å². The normalized spacial score (nSPS) is 16.6. The lowest BCUT2D eigenvalue weighted by Crippen LogP contribution is -2.38. The van der Waals surface area contributed by atoms with Gasteiger partial charge in [0.1, 0.15) is 6.61 Å². The fourth-order valence-electron chi connectivity index (χ4n) is 4.55. The van der Waals surface area contributed by atoms with Crippen LogP contribution in [0, 0.1) is 12.7 Å². The van der Waals surface area contributed by atoms with Crippen molar-refractivity contribution in [3.8, 4) is 17.0 Å². The van der Waals surface area contributed by atoms with E-state index in [1.807, 2.05) is 23.9 Å². The molecule has 8 nitrogen and oxygen atoms in total. The van der Waals surface area contributed by atoms with Crippen LogP contribution in [0.2, 0.25) is 0 Å².